The molecule has 0 aliphatic heterocycles. The van der Waals surface area contributed by atoms with Gasteiger partial charge in [0.25, 0.3) is 0 Å². The van der Waals surface area contributed by atoms with Crippen LogP contribution in [0, 0.1) is 0 Å². The van der Waals surface area contributed by atoms with E-state index in [1.165, 1.54) is 43.1 Å². The average Bonchev–Trinajstić information content (AvgIpc) is 2.94. The number of anilines is 3. The number of nitrogens with zero attached hydrogens (tertiary/aromatic N) is 1. The first-order valence-corrected chi connectivity index (χ1v) is 12.0. The van der Waals surface area contributed by atoms with Crippen molar-refractivity contribution < 1.29 is 0 Å². The molecule has 0 saturated carbocycles. The fraction of sp³-hybridized carbons (Fsp3) is 0. The Kier molecular flexibility index (Phi) is 4.53. The highest BCUT2D eigenvalue weighted by molar-refractivity contribution is 6.25. The molecule has 0 fully saturated rings. The highest BCUT2D eigenvalue weighted by Crippen LogP contribution is 2.41. The molecular formula is C34H23N. The van der Waals surface area contributed by atoms with Crippen molar-refractivity contribution in [1.29, 1.82) is 0 Å². The van der Waals surface area contributed by atoms with Crippen molar-refractivity contribution in [2.24, 2.45) is 0 Å². The van der Waals surface area contributed by atoms with E-state index in [9.17, 15) is 0 Å². The molecule has 0 aromatic heterocycles. The molecular weight excluding hydrogens is 422 g/mol. The second kappa shape index (κ2) is 8.00. The van der Waals surface area contributed by atoms with Crippen molar-refractivity contribution in [1.82, 2.24) is 0 Å². The molecule has 0 radical (unpaired) electrons. The van der Waals surface area contributed by atoms with Gasteiger partial charge >= 0.3 is 0 Å². The van der Waals surface area contributed by atoms with Crippen molar-refractivity contribution >= 4 is 60.2 Å². The lowest BCUT2D eigenvalue weighted by atomic mass is 9.94. The van der Waals surface area contributed by atoms with Crippen LogP contribution in [0.4, 0.5) is 17.1 Å². The maximum absolute atomic E-state index is 2.36. The second-order valence-corrected chi connectivity index (χ2v) is 9.02. The maximum Gasteiger partial charge on any atom is 0.0468 e. The lowest BCUT2D eigenvalue weighted by Crippen LogP contribution is -2.09. The standard InChI is InChI=1S/C34H23N/c1-2-12-26(13-3-1)35(27-19-18-24-10-4-5-11-25(24)22-27)28-20-21-33-31-16-7-6-14-29(31)30-15-8-9-17-32(30)34(33)23-28/h1-23H. The molecule has 0 atom stereocenters. The number of hydrogen-bond acceptors (Lipinski definition) is 1. The van der Waals surface area contributed by atoms with E-state index in [-0.39, 0.29) is 0 Å². The molecule has 0 N–H and O–H groups in total. The summed E-state index contributed by atoms with van der Waals surface area (Å²) in [6.45, 7) is 0. The molecule has 7 rings (SSSR count). The minimum atomic E-state index is 1.15. The van der Waals surface area contributed by atoms with Crippen LogP contribution in [0.2, 0.25) is 0 Å². The summed E-state index contributed by atoms with van der Waals surface area (Å²) in [7, 11) is 0. The number of fused-ring (bicyclic) bond motifs is 7. The predicted octanol–water partition coefficient (Wildman–Crippen LogP) is 9.77. The van der Waals surface area contributed by atoms with Gasteiger partial charge in [-0.1, -0.05) is 103 Å². The summed E-state index contributed by atoms with van der Waals surface area (Å²) in [6.07, 6.45) is 0. The molecule has 1 heteroatoms. The van der Waals surface area contributed by atoms with Gasteiger partial charge in [0, 0.05) is 17.1 Å². The fourth-order valence-electron chi connectivity index (χ4n) is 5.37. The van der Waals surface area contributed by atoms with Crippen LogP contribution < -0.4 is 4.90 Å². The molecule has 7 aromatic rings. The van der Waals surface area contributed by atoms with Crippen molar-refractivity contribution in [3.05, 3.63) is 140 Å². The Morgan fingerprint density at radius 2 is 0.771 bits per heavy atom. The van der Waals surface area contributed by atoms with Gasteiger partial charge in [-0.2, -0.15) is 0 Å². The van der Waals surface area contributed by atoms with Crippen LogP contribution in [0.25, 0.3) is 43.1 Å². The molecule has 0 aliphatic carbocycles. The van der Waals surface area contributed by atoms with Crippen LogP contribution in [0.5, 0.6) is 0 Å². The molecule has 7 aromatic carbocycles. The molecule has 35 heavy (non-hydrogen) atoms. The van der Waals surface area contributed by atoms with Gasteiger partial charge in [-0.25, -0.2) is 0 Å². The first-order valence-electron chi connectivity index (χ1n) is 12.0. The molecule has 0 spiro atoms. The topological polar surface area (TPSA) is 3.24 Å². The Balaban J connectivity index is 1.53. The Labute approximate surface area is 204 Å². The average molecular weight is 446 g/mol. The summed E-state index contributed by atoms with van der Waals surface area (Å²) < 4.78 is 0. The summed E-state index contributed by atoms with van der Waals surface area (Å²) in [5, 5.41) is 10.2. The number of para-hydroxylation sites is 1. The molecule has 0 heterocycles. The lowest BCUT2D eigenvalue weighted by Gasteiger charge is -2.26. The van der Waals surface area contributed by atoms with Crippen molar-refractivity contribution in [2.75, 3.05) is 4.90 Å². The maximum atomic E-state index is 2.36. The Hall–Kier alpha value is -4.62. The summed E-state index contributed by atoms with van der Waals surface area (Å²) in [6, 6.07) is 50.3. The normalized spacial score (nSPS) is 11.4. The zero-order chi connectivity index (χ0) is 23.2. The summed E-state index contributed by atoms with van der Waals surface area (Å²) in [5.74, 6) is 0. The first kappa shape index (κ1) is 19.8. The quantitative estimate of drug-likeness (QED) is 0.245. The lowest BCUT2D eigenvalue weighted by molar-refractivity contribution is 1.29. The minimum absolute atomic E-state index is 1.15. The minimum Gasteiger partial charge on any atom is -0.310 e. The third kappa shape index (κ3) is 3.25. The fourth-order valence-corrected chi connectivity index (χ4v) is 5.37. The van der Waals surface area contributed by atoms with Gasteiger partial charge in [-0.15, -0.1) is 0 Å². The number of hydrogen-bond donors (Lipinski definition) is 0. The van der Waals surface area contributed by atoms with Crippen LogP contribution in [0.1, 0.15) is 0 Å². The smallest absolute Gasteiger partial charge is 0.0468 e. The highest BCUT2D eigenvalue weighted by atomic mass is 15.1. The predicted molar refractivity (Wildman–Crippen MR) is 151 cm³/mol. The third-order valence-electron chi connectivity index (χ3n) is 6.99. The SMILES string of the molecule is c1ccc(N(c2ccc3ccccc3c2)c2ccc3c4ccccc4c4ccccc4c3c2)cc1. The van der Waals surface area contributed by atoms with Crippen LogP contribution >= 0.6 is 0 Å². The molecule has 164 valence electrons. The van der Waals surface area contributed by atoms with E-state index in [4.69, 9.17) is 0 Å². The van der Waals surface area contributed by atoms with Gasteiger partial charge in [-0.05, 0) is 79.5 Å². The molecule has 0 saturated heterocycles. The zero-order valence-corrected chi connectivity index (χ0v) is 19.2. The van der Waals surface area contributed by atoms with Crippen LogP contribution in [-0.2, 0) is 0 Å². The van der Waals surface area contributed by atoms with E-state index in [1.807, 2.05) is 0 Å². The largest absolute Gasteiger partial charge is 0.310 e. The summed E-state index contributed by atoms with van der Waals surface area (Å²) in [5.41, 5.74) is 3.45. The molecule has 1 nitrogen and oxygen atoms in total. The third-order valence-corrected chi connectivity index (χ3v) is 6.99. The molecule has 0 unspecified atom stereocenters. The van der Waals surface area contributed by atoms with Gasteiger partial charge in [-0.3, -0.25) is 0 Å². The zero-order valence-electron chi connectivity index (χ0n) is 19.2. The van der Waals surface area contributed by atoms with E-state index in [2.05, 4.69) is 144 Å². The van der Waals surface area contributed by atoms with Gasteiger partial charge in [0.1, 0.15) is 0 Å². The van der Waals surface area contributed by atoms with Gasteiger partial charge in [0.2, 0.25) is 0 Å². The number of rotatable bonds is 3. The van der Waals surface area contributed by atoms with Crippen LogP contribution in [0.3, 0.4) is 0 Å². The molecule has 0 aliphatic rings. The van der Waals surface area contributed by atoms with E-state index >= 15 is 0 Å². The second-order valence-electron chi connectivity index (χ2n) is 9.02. The monoisotopic (exact) mass is 445 g/mol. The molecule has 0 bridgehead atoms. The van der Waals surface area contributed by atoms with E-state index < -0.39 is 0 Å². The van der Waals surface area contributed by atoms with E-state index in [0.29, 0.717) is 0 Å². The van der Waals surface area contributed by atoms with Crippen LogP contribution in [-0.4, -0.2) is 0 Å². The Morgan fingerprint density at radius 1 is 0.286 bits per heavy atom. The summed E-state index contributed by atoms with van der Waals surface area (Å²) in [4.78, 5) is 2.36. The first-order chi connectivity index (χ1) is 17.4. The Morgan fingerprint density at radius 3 is 1.46 bits per heavy atom. The van der Waals surface area contributed by atoms with Crippen molar-refractivity contribution in [2.45, 2.75) is 0 Å². The Bertz CT molecular complexity index is 1820. The van der Waals surface area contributed by atoms with Crippen molar-refractivity contribution in [3.63, 3.8) is 0 Å². The highest BCUT2D eigenvalue weighted by Gasteiger charge is 2.15. The van der Waals surface area contributed by atoms with Gasteiger partial charge in [0.05, 0.1) is 0 Å². The van der Waals surface area contributed by atoms with E-state index in [0.717, 1.165) is 17.1 Å². The van der Waals surface area contributed by atoms with Crippen LogP contribution in [0.15, 0.2) is 140 Å². The summed E-state index contributed by atoms with van der Waals surface area (Å²) >= 11 is 0. The number of benzene rings is 7. The van der Waals surface area contributed by atoms with Gasteiger partial charge in [0.15, 0.2) is 0 Å². The van der Waals surface area contributed by atoms with Crippen molar-refractivity contribution in [3.8, 4) is 0 Å². The van der Waals surface area contributed by atoms with Gasteiger partial charge < -0.3 is 4.90 Å². The molecule has 0 amide bonds. The van der Waals surface area contributed by atoms with E-state index in [1.54, 1.807) is 0 Å².